The quantitative estimate of drug-likeness (QED) is 0.830. The van der Waals surface area contributed by atoms with E-state index >= 15 is 0 Å². The molecule has 0 bridgehead atoms. The predicted octanol–water partition coefficient (Wildman–Crippen LogP) is 0.730. The Labute approximate surface area is 135 Å². The number of rotatable bonds is 6. The van der Waals surface area contributed by atoms with E-state index in [2.05, 4.69) is 5.32 Å². The first-order valence-corrected chi connectivity index (χ1v) is 9.47. The van der Waals surface area contributed by atoms with Crippen molar-refractivity contribution in [3.63, 3.8) is 0 Å². The third-order valence-corrected chi connectivity index (χ3v) is 5.94. The van der Waals surface area contributed by atoms with Crippen LogP contribution in [0.3, 0.4) is 0 Å². The standard InChI is InChI=1S/C16H20N2O4S/c19-15(8-9-23(21,22)14-4-2-1-3-5-14)17-12-10-16(20)18(11-12)13-6-7-13/h1-5,12-13H,6-11H2,(H,17,19)/t12-/m0/s1. The third kappa shape index (κ3) is 3.90. The molecular formula is C16H20N2O4S. The fraction of sp³-hybridized carbons (Fsp3) is 0.500. The Balaban J connectivity index is 1.49. The largest absolute Gasteiger partial charge is 0.351 e. The van der Waals surface area contributed by atoms with Crippen molar-refractivity contribution in [1.29, 1.82) is 0 Å². The minimum absolute atomic E-state index is 0.0784. The van der Waals surface area contributed by atoms with E-state index in [-0.39, 0.29) is 34.9 Å². The second kappa shape index (κ2) is 6.31. The smallest absolute Gasteiger partial charge is 0.225 e. The first-order chi connectivity index (χ1) is 11.0. The summed E-state index contributed by atoms with van der Waals surface area (Å²) in [7, 11) is -3.45. The van der Waals surface area contributed by atoms with Crippen LogP contribution in [0.2, 0.25) is 0 Å². The molecule has 1 atom stereocenters. The Bertz CT molecular complexity index is 698. The van der Waals surface area contributed by atoms with Crippen molar-refractivity contribution in [2.24, 2.45) is 0 Å². The molecule has 1 saturated heterocycles. The fourth-order valence-electron chi connectivity index (χ4n) is 2.84. The summed E-state index contributed by atoms with van der Waals surface area (Å²) in [5.41, 5.74) is 0. The van der Waals surface area contributed by atoms with Gasteiger partial charge < -0.3 is 10.2 Å². The molecule has 0 unspecified atom stereocenters. The lowest BCUT2D eigenvalue weighted by Gasteiger charge is -2.16. The molecule has 7 heteroatoms. The van der Waals surface area contributed by atoms with Crippen molar-refractivity contribution in [2.75, 3.05) is 12.3 Å². The number of nitrogens with zero attached hydrogens (tertiary/aromatic N) is 1. The Morgan fingerprint density at radius 2 is 1.91 bits per heavy atom. The first-order valence-electron chi connectivity index (χ1n) is 7.82. The molecule has 0 aromatic heterocycles. The van der Waals surface area contributed by atoms with Gasteiger partial charge in [0.05, 0.1) is 16.7 Å². The van der Waals surface area contributed by atoms with Crippen molar-refractivity contribution in [3.05, 3.63) is 30.3 Å². The molecule has 1 N–H and O–H groups in total. The number of hydrogen-bond donors (Lipinski definition) is 1. The topological polar surface area (TPSA) is 83.5 Å². The zero-order valence-corrected chi connectivity index (χ0v) is 13.6. The first kappa shape index (κ1) is 16.0. The number of hydrogen-bond acceptors (Lipinski definition) is 4. The van der Waals surface area contributed by atoms with Gasteiger partial charge in [-0.1, -0.05) is 18.2 Å². The molecule has 1 aliphatic carbocycles. The number of likely N-dealkylation sites (tertiary alicyclic amines) is 1. The van der Waals surface area contributed by atoms with Gasteiger partial charge in [0.15, 0.2) is 9.84 Å². The minimum atomic E-state index is -3.45. The molecule has 0 radical (unpaired) electrons. The Morgan fingerprint density at radius 3 is 2.57 bits per heavy atom. The predicted molar refractivity (Wildman–Crippen MR) is 84.4 cm³/mol. The summed E-state index contributed by atoms with van der Waals surface area (Å²) in [5.74, 6) is -0.467. The molecule has 1 heterocycles. The van der Waals surface area contributed by atoms with Gasteiger partial charge in [-0.05, 0) is 25.0 Å². The molecule has 2 fully saturated rings. The molecule has 1 aromatic rings. The molecule has 23 heavy (non-hydrogen) atoms. The van der Waals surface area contributed by atoms with Gasteiger partial charge in [0, 0.05) is 25.4 Å². The summed E-state index contributed by atoms with van der Waals surface area (Å²) in [6.07, 6.45) is 2.31. The van der Waals surface area contributed by atoms with Crippen molar-refractivity contribution < 1.29 is 18.0 Å². The summed E-state index contributed by atoms with van der Waals surface area (Å²) in [4.78, 5) is 25.8. The zero-order valence-electron chi connectivity index (χ0n) is 12.8. The second-order valence-corrected chi connectivity index (χ2v) is 8.24. The van der Waals surface area contributed by atoms with Gasteiger partial charge in [0.1, 0.15) is 0 Å². The average Bonchev–Trinajstić information content (AvgIpc) is 3.30. The maximum Gasteiger partial charge on any atom is 0.225 e. The molecule has 6 nitrogen and oxygen atoms in total. The number of sulfone groups is 1. The van der Waals surface area contributed by atoms with E-state index in [4.69, 9.17) is 0 Å². The maximum atomic E-state index is 12.1. The molecule has 3 rings (SSSR count). The van der Waals surface area contributed by atoms with Gasteiger partial charge >= 0.3 is 0 Å². The van der Waals surface area contributed by atoms with Crippen LogP contribution in [-0.2, 0) is 19.4 Å². The van der Waals surface area contributed by atoms with Gasteiger partial charge in [0.25, 0.3) is 0 Å². The van der Waals surface area contributed by atoms with E-state index < -0.39 is 9.84 Å². The molecule has 1 aliphatic heterocycles. The summed E-state index contributed by atoms with van der Waals surface area (Å²) >= 11 is 0. The van der Waals surface area contributed by atoms with E-state index in [0.29, 0.717) is 19.0 Å². The molecule has 2 amide bonds. The van der Waals surface area contributed by atoms with Gasteiger partial charge in [-0.3, -0.25) is 9.59 Å². The van der Waals surface area contributed by atoms with E-state index in [1.165, 1.54) is 12.1 Å². The number of carbonyl (C=O) groups excluding carboxylic acids is 2. The lowest BCUT2D eigenvalue weighted by atomic mass is 10.2. The zero-order chi connectivity index (χ0) is 16.4. The van der Waals surface area contributed by atoms with Crippen LogP contribution < -0.4 is 5.32 Å². The number of amides is 2. The highest BCUT2D eigenvalue weighted by Crippen LogP contribution is 2.30. The summed E-state index contributed by atoms with van der Waals surface area (Å²) in [5, 5.41) is 2.78. The molecule has 1 aromatic carbocycles. The molecule has 1 saturated carbocycles. The van der Waals surface area contributed by atoms with Crippen LogP contribution in [-0.4, -0.2) is 49.5 Å². The van der Waals surface area contributed by atoms with Gasteiger partial charge in [0.2, 0.25) is 11.8 Å². The van der Waals surface area contributed by atoms with Crippen LogP contribution in [0.1, 0.15) is 25.7 Å². The van der Waals surface area contributed by atoms with Gasteiger partial charge in [-0.2, -0.15) is 0 Å². The van der Waals surface area contributed by atoms with Crippen molar-refractivity contribution in [1.82, 2.24) is 10.2 Å². The Kier molecular flexibility index (Phi) is 4.39. The van der Waals surface area contributed by atoms with E-state index in [0.717, 1.165) is 12.8 Å². The Morgan fingerprint density at radius 1 is 1.22 bits per heavy atom. The summed E-state index contributed by atoms with van der Waals surface area (Å²) in [6, 6.07) is 8.26. The number of benzene rings is 1. The maximum absolute atomic E-state index is 12.1. The van der Waals surface area contributed by atoms with Crippen LogP contribution in [0.4, 0.5) is 0 Å². The van der Waals surface area contributed by atoms with E-state index in [1.54, 1.807) is 18.2 Å². The SMILES string of the molecule is O=C(CCS(=O)(=O)c1ccccc1)N[C@H]1CC(=O)N(C2CC2)C1. The number of carbonyl (C=O) groups is 2. The van der Waals surface area contributed by atoms with E-state index in [1.807, 2.05) is 4.90 Å². The molecule has 2 aliphatic rings. The monoisotopic (exact) mass is 336 g/mol. The highest BCUT2D eigenvalue weighted by atomic mass is 32.2. The van der Waals surface area contributed by atoms with Gasteiger partial charge in [-0.15, -0.1) is 0 Å². The molecular weight excluding hydrogens is 316 g/mol. The van der Waals surface area contributed by atoms with Crippen LogP contribution in [0.5, 0.6) is 0 Å². The summed E-state index contributed by atoms with van der Waals surface area (Å²) in [6.45, 7) is 0.542. The van der Waals surface area contributed by atoms with Crippen LogP contribution in [0.25, 0.3) is 0 Å². The van der Waals surface area contributed by atoms with Crippen LogP contribution in [0.15, 0.2) is 35.2 Å². The average molecular weight is 336 g/mol. The fourth-order valence-corrected chi connectivity index (χ4v) is 4.10. The van der Waals surface area contributed by atoms with E-state index in [9.17, 15) is 18.0 Å². The van der Waals surface area contributed by atoms with Crippen molar-refractivity contribution in [2.45, 2.75) is 42.7 Å². The normalized spacial score (nSPS) is 21.5. The summed E-state index contributed by atoms with van der Waals surface area (Å²) < 4.78 is 24.3. The third-order valence-electron chi connectivity index (χ3n) is 4.21. The molecule has 0 spiro atoms. The lowest BCUT2D eigenvalue weighted by Crippen LogP contribution is -2.38. The van der Waals surface area contributed by atoms with Crippen molar-refractivity contribution >= 4 is 21.7 Å². The van der Waals surface area contributed by atoms with Crippen LogP contribution >= 0.6 is 0 Å². The van der Waals surface area contributed by atoms with Gasteiger partial charge in [-0.25, -0.2) is 8.42 Å². The number of nitrogens with one attached hydrogen (secondary N) is 1. The second-order valence-electron chi connectivity index (χ2n) is 6.13. The van der Waals surface area contributed by atoms with Crippen molar-refractivity contribution in [3.8, 4) is 0 Å². The lowest BCUT2D eigenvalue weighted by molar-refractivity contribution is -0.128. The Hall–Kier alpha value is -1.89. The van der Waals surface area contributed by atoms with Crippen LogP contribution in [0, 0.1) is 0 Å². The minimum Gasteiger partial charge on any atom is -0.351 e. The highest BCUT2D eigenvalue weighted by Gasteiger charge is 2.39. The highest BCUT2D eigenvalue weighted by molar-refractivity contribution is 7.91. The molecule has 124 valence electrons.